The highest BCUT2D eigenvalue weighted by Crippen LogP contribution is 2.10. The first kappa shape index (κ1) is 15.5. The molecular formula is C8H10ClNO6S2. The summed E-state index contributed by atoms with van der Waals surface area (Å²) in [5, 5.41) is 12.9. The van der Waals surface area contributed by atoms with Crippen LogP contribution in [0, 0.1) is 10.2 Å². The Morgan fingerprint density at radius 2 is 1.83 bits per heavy atom. The van der Waals surface area contributed by atoms with Crippen LogP contribution >= 0.6 is 22.7 Å². The monoisotopic (exact) mass is 315 g/mol. The van der Waals surface area contributed by atoms with Crippen LogP contribution in [0.2, 0.25) is 0 Å². The highest BCUT2D eigenvalue weighted by atomic mass is 35.7. The number of nitrogens with zero attached hydrogens (tertiary/aromatic N) is 1. The first-order chi connectivity index (χ1) is 8.29. The highest BCUT2D eigenvalue weighted by molar-refractivity contribution is 7.24. The molecule has 1 aromatic heterocycles. The number of carbonyl (C=O) groups is 1. The van der Waals surface area contributed by atoms with Crippen molar-refractivity contribution in [2.45, 2.75) is 18.9 Å². The van der Waals surface area contributed by atoms with Crippen molar-refractivity contribution >= 4 is 28.6 Å². The van der Waals surface area contributed by atoms with E-state index < -0.39 is 16.2 Å². The Balaban J connectivity index is 0.000000280. The summed E-state index contributed by atoms with van der Waals surface area (Å²) in [7, 11) is -4.94. The summed E-state index contributed by atoms with van der Waals surface area (Å²) in [6.45, 7) is 0.883. The predicted molar refractivity (Wildman–Crippen MR) is 53.0 cm³/mol. The second-order valence-corrected chi connectivity index (χ2v) is 6.14. The molecule has 0 spiro atoms. The molecule has 1 unspecified atom stereocenters. The fraction of sp³-hybridized carbons (Fsp3) is 0.500. The van der Waals surface area contributed by atoms with Crippen LogP contribution in [-0.2, 0) is 4.79 Å². The third-order valence-corrected chi connectivity index (χ3v) is 4.33. The van der Waals surface area contributed by atoms with Crippen molar-refractivity contribution in [3.8, 4) is 0 Å². The summed E-state index contributed by atoms with van der Waals surface area (Å²) in [4.78, 5) is 10.9. The van der Waals surface area contributed by atoms with Gasteiger partial charge in [-0.05, 0) is 0 Å². The molecule has 0 saturated carbocycles. The third-order valence-electron chi connectivity index (χ3n) is 2.17. The van der Waals surface area contributed by atoms with Crippen LogP contribution in [0.4, 0.5) is 0 Å². The van der Waals surface area contributed by atoms with Gasteiger partial charge in [0.2, 0.25) is 0 Å². The molecule has 18 heavy (non-hydrogen) atoms. The van der Waals surface area contributed by atoms with E-state index in [-0.39, 0.29) is 6.04 Å². The minimum Gasteiger partial charge on any atom is -0.476 e. The Morgan fingerprint density at radius 1 is 1.33 bits per heavy atom. The van der Waals surface area contributed by atoms with Gasteiger partial charge in [0.15, 0.2) is 0 Å². The molecule has 1 saturated heterocycles. The maximum atomic E-state index is 10.9. The molecule has 1 aliphatic heterocycles. The number of aliphatic carboxylic acids is 1. The van der Waals surface area contributed by atoms with Crippen LogP contribution < -0.4 is 27.2 Å². The SMILES string of the molecule is O=C(O)C1CCC[N+]1=c1sccs1.[O-][Cl+3]([O-])([O-])[O-]. The summed E-state index contributed by atoms with van der Waals surface area (Å²) >= 11 is 3.24. The summed E-state index contributed by atoms with van der Waals surface area (Å²) < 4.78 is 37.1. The summed E-state index contributed by atoms with van der Waals surface area (Å²) in [6, 6.07) is -0.296. The Bertz CT molecular complexity index is 442. The van der Waals surface area contributed by atoms with E-state index in [9.17, 15) is 4.79 Å². The minimum absolute atomic E-state index is 0.296. The molecule has 2 rings (SSSR count). The molecule has 0 bridgehead atoms. The maximum absolute atomic E-state index is 10.9. The van der Waals surface area contributed by atoms with Gasteiger partial charge in [-0.1, -0.05) is 22.7 Å². The lowest BCUT2D eigenvalue weighted by atomic mass is 10.2. The van der Waals surface area contributed by atoms with E-state index in [0.29, 0.717) is 0 Å². The molecule has 7 nitrogen and oxygen atoms in total. The number of halogens is 1. The van der Waals surface area contributed by atoms with Gasteiger partial charge >= 0.3 is 9.95 Å². The van der Waals surface area contributed by atoms with Crippen molar-refractivity contribution in [2.24, 2.45) is 0 Å². The molecule has 1 aliphatic rings. The predicted octanol–water partition coefficient (Wildman–Crippen LogP) is -3.93. The van der Waals surface area contributed by atoms with Crippen LogP contribution in [0.3, 0.4) is 0 Å². The number of hydrogen-bond acceptors (Lipinski definition) is 7. The van der Waals surface area contributed by atoms with Gasteiger partial charge in [-0.2, -0.15) is 4.58 Å². The third kappa shape index (κ3) is 5.40. The van der Waals surface area contributed by atoms with Gasteiger partial charge in [-0.15, -0.1) is 10.2 Å². The minimum atomic E-state index is -4.94. The van der Waals surface area contributed by atoms with Gasteiger partial charge in [0, 0.05) is 23.6 Å². The second-order valence-electron chi connectivity index (χ2n) is 3.34. The van der Waals surface area contributed by atoms with Gasteiger partial charge in [0.05, 0.1) is 0 Å². The lowest BCUT2D eigenvalue weighted by molar-refractivity contribution is -2.00. The van der Waals surface area contributed by atoms with Crippen molar-refractivity contribution in [1.29, 1.82) is 0 Å². The summed E-state index contributed by atoms with van der Waals surface area (Å²) in [6.07, 6.45) is 1.77. The Morgan fingerprint density at radius 3 is 2.28 bits per heavy atom. The largest absolute Gasteiger partial charge is 0.476 e. The topological polar surface area (TPSA) is 133 Å². The fourth-order valence-corrected chi connectivity index (χ4v) is 3.52. The van der Waals surface area contributed by atoms with E-state index in [2.05, 4.69) is 0 Å². The average Bonchev–Trinajstić information content (AvgIpc) is 2.85. The zero-order chi connectivity index (χ0) is 13.8. The van der Waals surface area contributed by atoms with Crippen LogP contribution in [0.25, 0.3) is 0 Å². The Hall–Kier alpha value is -0.550. The lowest BCUT2D eigenvalue weighted by Crippen LogP contribution is -2.68. The van der Waals surface area contributed by atoms with E-state index >= 15 is 0 Å². The molecule has 0 aliphatic carbocycles. The molecule has 0 radical (unpaired) electrons. The zero-order valence-electron chi connectivity index (χ0n) is 8.98. The van der Waals surface area contributed by atoms with Crippen molar-refractivity contribution < 1.29 is 38.8 Å². The first-order valence-corrected chi connectivity index (χ1v) is 7.75. The van der Waals surface area contributed by atoms with Gasteiger partial charge in [-0.3, -0.25) is 0 Å². The second kappa shape index (κ2) is 6.57. The Labute approximate surface area is 112 Å². The van der Waals surface area contributed by atoms with Crippen LogP contribution in [0.5, 0.6) is 0 Å². The zero-order valence-corrected chi connectivity index (χ0v) is 11.4. The molecule has 0 amide bonds. The van der Waals surface area contributed by atoms with E-state index in [1.165, 1.54) is 0 Å². The van der Waals surface area contributed by atoms with E-state index in [0.717, 1.165) is 23.4 Å². The van der Waals surface area contributed by atoms with Crippen molar-refractivity contribution in [1.82, 2.24) is 4.58 Å². The van der Waals surface area contributed by atoms with Crippen molar-refractivity contribution in [2.75, 3.05) is 6.54 Å². The molecule has 10 heteroatoms. The molecule has 0 aromatic carbocycles. The van der Waals surface area contributed by atoms with Gasteiger partial charge in [0.1, 0.15) is 6.54 Å². The maximum Gasteiger partial charge on any atom is 0.373 e. The molecule has 1 fully saturated rings. The van der Waals surface area contributed by atoms with Gasteiger partial charge in [0.25, 0.3) is 6.04 Å². The molecule has 1 aromatic rings. The molecule has 102 valence electrons. The van der Waals surface area contributed by atoms with E-state index in [1.807, 2.05) is 15.3 Å². The fourth-order valence-electron chi connectivity index (χ4n) is 1.58. The number of carboxylic acid groups (broad SMARTS) is 1. The van der Waals surface area contributed by atoms with Crippen LogP contribution in [0.15, 0.2) is 10.8 Å². The number of carboxylic acids is 1. The van der Waals surface area contributed by atoms with Gasteiger partial charge < -0.3 is 5.11 Å². The van der Waals surface area contributed by atoms with Crippen molar-refractivity contribution in [3.63, 3.8) is 0 Å². The van der Waals surface area contributed by atoms with Crippen LogP contribution in [-0.4, -0.2) is 23.7 Å². The lowest BCUT2D eigenvalue weighted by Gasteiger charge is -2.17. The molecule has 2 heterocycles. The molecule has 1 N–H and O–H groups in total. The summed E-state index contributed by atoms with van der Waals surface area (Å²) in [5.74, 6) is -0.696. The average molecular weight is 316 g/mol. The summed E-state index contributed by atoms with van der Waals surface area (Å²) in [5.41, 5.74) is 0. The molecule has 1 atom stereocenters. The van der Waals surface area contributed by atoms with Gasteiger partial charge in [-0.25, -0.2) is 23.4 Å². The normalized spacial score (nSPS) is 19.3. The highest BCUT2D eigenvalue weighted by Gasteiger charge is 2.35. The van der Waals surface area contributed by atoms with E-state index in [1.54, 1.807) is 22.7 Å². The first-order valence-electron chi connectivity index (χ1n) is 4.75. The van der Waals surface area contributed by atoms with E-state index in [4.69, 9.17) is 23.7 Å². The quantitative estimate of drug-likeness (QED) is 0.526. The number of hydrogen-bond donors (Lipinski definition) is 1. The smallest absolute Gasteiger partial charge is 0.373 e. The molecular weight excluding hydrogens is 306 g/mol. The standard InChI is InChI=1S/C8H9NO2S2.ClHO4/c10-7(11)6-2-1-3-9(6)8-12-4-5-13-8;2-1(3,4)5/h4-6H,1-3H2;(H,2,3,4,5). The van der Waals surface area contributed by atoms with Crippen molar-refractivity contribution in [3.05, 3.63) is 14.7 Å². The Kier molecular flexibility index (Phi) is 5.66. The van der Waals surface area contributed by atoms with Crippen LogP contribution in [0.1, 0.15) is 12.8 Å². The number of rotatable bonds is 1.